The number of amides is 2. The highest BCUT2D eigenvalue weighted by Crippen LogP contribution is 2.30. The summed E-state index contributed by atoms with van der Waals surface area (Å²) >= 11 is 0. The third-order valence-electron chi connectivity index (χ3n) is 4.04. The van der Waals surface area contributed by atoms with Gasteiger partial charge in [0.2, 0.25) is 0 Å². The number of hydrogen-bond acceptors (Lipinski definition) is 4. The van der Waals surface area contributed by atoms with Crippen molar-refractivity contribution in [2.24, 2.45) is 0 Å². The maximum absolute atomic E-state index is 12.9. The quantitative estimate of drug-likeness (QED) is 0.846. The van der Waals surface area contributed by atoms with Crippen LogP contribution in [0.4, 0.5) is 18.0 Å². The monoisotopic (exact) mass is 388 g/mol. The highest BCUT2D eigenvalue weighted by Gasteiger charge is 2.36. The Bertz CT molecular complexity index is 701. The van der Waals surface area contributed by atoms with Crippen molar-refractivity contribution in [3.63, 3.8) is 0 Å². The summed E-state index contributed by atoms with van der Waals surface area (Å²) in [6.45, 7) is 5.03. The third-order valence-corrected chi connectivity index (χ3v) is 4.04. The van der Waals surface area contributed by atoms with Crippen LogP contribution in [0.5, 0.6) is 0 Å². The Kier molecular flexibility index (Phi) is 6.04. The van der Waals surface area contributed by atoms with E-state index in [9.17, 15) is 27.9 Å². The average Bonchev–Trinajstić information content (AvgIpc) is 2.58. The molecule has 6 nitrogen and oxygen atoms in total. The molecule has 1 aliphatic rings. The first kappa shape index (κ1) is 21.0. The lowest BCUT2D eigenvalue weighted by molar-refractivity contribution is -0.137. The van der Waals surface area contributed by atoms with Crippen molar-refractivity contribution >= 4 is 12.0 Å². The fourth-order valence-corrected chi connectivity index (χ4v) is 2.77. The van der Waals surface area contributed by atoms with Gasteiger partial charge in [-0.15, -0.1) is 0 Å². The maximum Gasteiger partial charge on any atom is 0.416 e. The van der Waals surface area contributed by atoms with Crippen LogP contribution in [0.15, 0.2) is 24.3 Å². The van der Waals surface area contributed by atoms with Crippen LogP contribution in [0, 0.1) is 0 Å². The van der Waals surface area contributed by atoms with Crippen molar-refractivity contribution in [2.45, 2.75) is 38.6 Å². The van der Waals surface area contributed by atoms with Gasteiger partial charge in [-0.1, -0.05) is 6.07 Å². The number of hydrogen-bond donors (Lipinski definition) is 1. The summed E-state index contributed by atoms with van der Waals surface area (Å²) in [6, 6.07) is 3.42. The lowest BCUT2D eigenvalue weighted by atomic mass is 10.1. The number of ether oxygens (including phenoxy) is 1. The zero-order valence-corrected chi connectivity index (χ0v) is 15.4. The molecule has 1 heterocycles. The molecule has 0 aliphatic carbocycles. The van der Waals surface area contributed by atoms with E-state index in [0.29, 0.717) is 0 Å². The van der Waals surface area contributed by atoms with Gasteiger partial charge in [0.25, 0.3) is 5.91 Å². The summed E-state index contributed by atoms with van der Waals surface area (Å²) in [4.78, 5) is 27.5. The van der Waals surface area contributed by atoms with E-state index in [-0.39, 0.29) is 25.2 Å². The Balaban J connectivity index is 2.14. The molecule has 1 unspecified atom stereocenters. The van der Waals surface area contributed by atoms with Crippen molar-refractivity contribution in [3.05, 3.63) is 35.4 Å². The van der Waals surface area contributed by atoms with Crippen LogP contribution in [0.3, 0.4) is 0 Å². The van der Waals surface area contributed by atoms with Crippen molar-refractivity contribution in [3.8, 4) is 0 Å². The largest absolute Gasteiger partial charge is 0.444 e. The molecule has 0 radical (unpaired) electrons. The molecule has 9 heteroatoms. The topological polar surface area (TPSA) is 70.1 Å². The Morgan fingerprint density at radius 1 is 1.22 bits per heavy atom. The summed E-state index contributed by atoms with van der Waals surface area (Å²) in [5.41, 5.74) is -1.72. The number of piperazine rings is 1. The molecule has 1 aromatic carbocycles. The van der Waals surface area contributed by atoms with E-state index in [2.05, 4.69) is 0 Å². The SMILES string of the molecule is CC(C)(C)OC(=O)N1CCN(C(=O)c2cccc(C(F)(F)F)c2)C(CO)C1. The fraction of sp³-hybridized carbons (Fsp3) is 0.556. The van der Waals surface area contributed by atoms with Crippen LogP contribution in [-0.4, -0.2) is 64.8 Å². The number of carbonyl (C=O) groups is 2. The first-order valence-electron chi connectivity index (χ1n) is 8.49. The Hall–Kier alpha value is -2.29. The van der Waals surface area contributed by atoms with Crippen molar-refractivity contribution in [2.75, 3.05) is 26.2 Å². The average molecular weight is 388 g/mol. The second kappa shape index (κ2) is 7.75. The Labute approximate surface area is 155 Å². The minimum absolute atomic E-state index is 0.0378. The van der Waals surface area contributed by atoms with Gasteiger partial charge in [0.05, 0.1) is 18.2 Å². The van der Waals surface area contributed by atoms with E-state index >= 15 is 0 Å². The minimum atomic E-state index is -4.55. The fourth-order valence-electron chi connectivity index (χ4n) is 2.77. The number of halogens is 3. The first-order chi connectivity index (χ1) is 12.4. The molecule has 150 valence electrons. The summed E-state index contributed by atoms with van der Waals surface area (Å²) in [6.07, 6.45) is -5.12. The van der Waals surface area contributed by atoms with E-state index < -0.39 is 42.0 Å². The van der Waals surface area contributed by atoms with Gasteiger partial charge in [0.1, 0.15) is 5.60 Å². The van der Waals surface area contributed by atoms with Crippen LogP contribution in [-0.2, 0) is 10.9 Å². The minimum Gasteiger partial charge on any atom is -0.444 e. The van der Waals surface area contributed by atoms with E-state index in [0.717, 1.165) is 12.1 Å². The molecular weight excluding hydrogens is 365 g/mol. The van der Waals surface area contributed by atoms with Gasteiger partial charge in [0, 0.05) is 25.2 Å². The number of rotatable bonds is 2. The van der Waals surface area contributed by atoms with E-state index in [4.69, 9.17) is 4.74 Å². The van der Waals surface area contributed by atoms with Gasteiger partial charge in [-0.25, -0.2) is 4.79 Å². The number of benzene rings is 1. The smallest absolute Gasteiger partial charge is 0.416 e. The van der Waals surface area contributed by atoms with Gasteiger partial charge in [-0.2, -0.15) is 13.2 Å². The standard InChI is InChI=1S/C18H23F3N2O4/c1-17(2,3)27-16(26)22-7-8-23(14(10-22)11-24)15(25)12-5-4-6-13(9-12)18(19,20)21/h4-6,9,14,24H,7-8,10-11H2,1-3H3. The van der Waals surface area contributed by atoms with Gasteiger partial charge in [-0.3, -0.25) is 4.79 Å². The molecule has 0 saturated carbocycles. The Morgan fingerprint density at radius 2 is 1.89 bits per heavy atom. The molecule has 1 atom stereocenters. The molecule has 0 aromatic heterocycles. The molecule has 2 rings (SSSR count). The molecule has 2 amide bonds. The van der Waals surface area contributed by atoms with Crippen LogP contribution >= 0.6 is 0 Å². The second-order valence-electron chi connectivity index (χ2n) is 7.34. The van der Waals surface area contributed by atoms with E-state index in [1.54, 1.807) is 20.8 Å². The van der Waals surface area contributed by atoms with Crippen LogP contribution in [0.25, 0.3) is 0 Å². The lowest BCUT2D eigenvalue weighted by Gasteiger charge is -2.41. The molecule has 1 saturated heterocycles. The number of carbonyl (C=O) groups excluding carboxylic acids is 2. The summed E-state index contributed by atoms with van der Waals surface area (Å²) in [7, 11) is 0. The normalized spacial score (nSPS) is 18.4. The van der Waals surface area contributed by atoms with Crippen molar-refractivity contribution in [1.82, 2.24) is 9.80 Å². The molecule has 1 N–H and O–H groups in total. The number of alkyl halides is 3. The number of nitrogens with zero attached hydrogens (tertiary/aromatic N) is 2. The summed E-state index contributed by atoms with van der Waals surface area (Å²) in [5, 5.41) is 9.62. The third kappa shape index (κ3) is 5.35. The maximum atomic E-state index is 12.9. The van der Waals surface area contributed by atoms with Crippen LogP contribution in [0.2, 0.25) is 0 Å². The number of aliphatic hydroxyl groups excluding tert-OH is 1. The predicted octanol–water partition coefficient (Wildman–Crippen LogP) is 2.76. The van der Waals surface area contributed by atoms with Crippen molar-refractivity contribution in [1.29, 1.82) is 0 Å². The van der Waals surface area contributed by atoms with Crippen molar-refractivity contribution < 1.29 is 32.6 Å². The van der Waals surface area contributed by atoms with Gasteiger partial charge >= 0.3 is 12.3 Å². The molecule has 27 heavy (non-hydrogen) atoms. The second-order valence-corrected chi connectivity index (χ2v) is 7.34. The van der Waals surface area contributed by atoms with E-state index in [1.807, 2.05) is 0 Å². The highest BCUT2D eigenvalue weighted by atomic mass is 19.4. The lowest BCUT2D eigenvalue weighted by Crippen LogP contribution is -2.58. The number of aliphatic hydroxyl groups is 1. The molecule has 1 fully saturated rings. The van der Waals surface area contributed by atoms with Crippen LogP contribution in [0.1, 0.15) is 36.7 Å². The van der Waals surface area contributed by atoms with Crippen LogP contribution < -0.4 is 0 Å². The highest BCUT2D eigenvalue weighted by molar-refractivity contribution is 5.94. The molecule has 0 bridgehead atoms. The van der Waals surface area contributed by atoms with Gasteiger partial charge in [-0.05, 0) is 39.0 Å². The Morgan fingerprint density at radius 3 is 2.44 bits per heavy atom. The summed E-state index contributed by atoms with van der Waals surface area (Å²) < 4.78 is 43.9. The van der Waals surface area contributed by atoms with Gasteiger partial charge < -0.3 is 19.6 Å². The zero-order valence-electron chi connectivity index (χ0n) is 15.4. The van der Waals surface area contributed by atoms with Gasteiger partial charge in [0.15, 0.2) is 0 Å². The zero-order chi connectivity index (χ0) is 20.4. The summed E-state index contributed by atoms with van der Waals surface area (Å²) in [5.74, 6) is -0.621. The molecule has 0 spiro atoms. The molecular formula is C18H23F3N2O4. The predicted molar refractivity (Wildman–Crippen MR) is 91.2 cm³/mol. The van der Waals surface area contributed by atoms with E-state index in [1.165, 1.54) is 21.9 Å². The first-order valence-corrected chi connectivity index (χ1v) is 8.49. The molecule has 1 aromatic rings. The molecule has 1 aliphatic heterocycles.